The first-order valence-electron chi connectivity index (χ1n) is 14.3. The Balaban J connectivity index is 3.45. The van der Waals surface area contributed by atoms with Gasteiger partial charge in [0.2, 0.25) is 0 Å². The molecule has 0 aliphatic carbocycles. The Labute approximate surface area is 242 Å². The molecular weight excluding hydrogens is 549 g/mol. The van der Waals surface area contributed by atoms with E-state index in [0.717, 1.165) is 19.3 Å². The molecule has 0 aromatic rings. The van der Waals surface area contributed by atoms with Crippen molar-refractivity contribution in [2.24, 2.45) is 5.92 Å². The molecule has 1 atom stereocenters. The van der Waals surface area contributed by atoms with Gasteiger partial charge in [0.15, 0.2) is 7.59 Å². The van der Waals surface area contributed by atoms with Gasteiger partial charge in [0.1, 0.15) is 0 Å². The summed E-state index contributed by atoms with van der Waals surface area (Å²) in [6, 6.07) is 0. The maximum atomic E-state index is 6.27. The monoisotopic (exact) mass is 598 g/mol. The lowest BCUT2D eigenvalue weighted by molar-refractivity contribution is 0.407. The van der Waals surface area contributed by atoms with Crippen LogP contribution in [-0.4, -0.2) is 7.59 Å². The molecule has 0 aliphatic rings. The van der Waals surface area contributed by atoms with Crippen LogP contribution < -0.4 is 0 Å². The molecule has 0 heterocycles. The normalized spacial score (nSPS) is 13.5. The zero-order chi connectivity index (χ0) is 25.5. The van der Waals surface area contributed by atoms with Crippen molar-refractivity contribution in [2.45, 2.75) is 169 Å². The van der Waals surface area contributed by atoms with E-state index < -0.39 is 7.59 Å². The summed E-state index contributed by atoms with van der Waals surface area (Å²) in [5.41, 5.74) is 0. The number of hydrogen-bond donors (Lipinski definition) is 0. The van der Waals surface area contributed by atoms with Crippen molar-refractivity contribution in [3.63, 3.8) is 0 Å². The van der Waals surface area contributed by atoms with E-state index in [1.165, 1.54) is 128 Å². The fourth-order valence-electron chi connectivity index (χ4n) is 4.66. The van der Waals surface area contributed by atoms with Gasteiger partial charge >= 0.3 is 0 Å². The Morgan fingerprint density at radius 2 is 0.706 bits per heavy atom. The third-order valence-corrected chi connectivity index (χ3v) is 8.37. The molecule has 0 rings (SSSR count). The molecule has 0 amide bonds. The van der Waals surface area contributed by atoms with Crippen LogP contribution in [0.5, 0.6) is 0 Å². The molecule has 0 saturated carbocycles. The molecule has 0 spiro atoms. The van der Waals surface area contributed by atoms with E-state index in [1.807, 2.05) is 0 Å². The van der Waals surface area contributed by atoms with Gasteiger partial charge in [-0.3, -0.25) is 0 Å². The smallest absolute Gasteiger partial charge is 0.0837 e. The minimum atomic E-state index is -1.10. The van der Waals surface area contributed by atoms with Gasteiger partial charge in [-0.25, -0.2) is 0 Å². The highest BCUT2D eigenvalue weighted by molar-refractivity contribution is 6.68. The predicted octanol–water partition coefficient (Wildman–Crippen LogP) is 13.7. The Morgan fingerprint density at radius 1 is 0.412 bits per heavy atom. The summed E-state index contributed by atoms with van der Waals surface area (Å²) in [5, 5.41) is 0. The van der Waals surface area contributed by atoms with Crippen molar-refractivity contribution < 1.29 is 0 Å². The van der Waals surface area contributed by atoms with Crippen LogP contribution in [0.1, 0.15) is 161 Å². The van der Waals surface area contributed by atoms with Gasteiger partial charge in [-0.1, -0.05) is 205 Å². The number of hydrogen-bond acceptors (Lipinski definition) is 0. The van der Waals surface area contributed by atoms with Crippen LogP contribution in [0.3, 0.4) is 0 Å². The first kappa shape index (κ1) is 35.7. The second-order valence-electron chi connectivity index (χ2n) is 10.3. The summed E-state index contributed by atoms with van der Waals surface area (Å²) in [4.78, 5) is 0. The van der Waals surface area contributed by atoms with Crippen LogP contribution in [0.2, 0.25) is 0 Å². The summed E-state index contributed by atoms with van der Waals surface area (Å²) in [6.07, 6.45) is 30.1. The van der Waals surface area contributed by atoms with Crippen molar-refractivity contribution in [3.05, 3.63) is 0 Å². The van der Waals surface area contributed by atoms with Crippen molar-refractivity contribution in [3.8, 4) is 0 Å². The van der Waals surface area contributed by atoms with Crippen molar-refractivity contribution in [1.29, 1.82) is 0 Å². The quantitative estimate of drug-likeness (QED) is 0.0763. The minimum Gasteiger partial charge on any atom is -0.0837 e. The van der Waals surface area contributed by atoms with Crippen molar-refractivity contribution in [2.75, 3.05) is 0 Å². The molecule has 0 N–H and O–H groups in total. The van der Waals surface area contributed by atoms with Crippen LogP contribution in [0.4, 0.5) is 0 Å². The summed E-state index contributed by atoms with van der Waals surface area (Å²) >= 11 is 36.1. The van der Waals surface area contributed by atoms with Crippen LogP contribution in [0.15, 0.2) is 0 Å². The first-order chi connectivity index (χ1) is 16.2. The average molecular weight is 601 g/mol. The highest BCUT2D eigenvalue weighted by Crippen LogP contribution is 2.41. The second-order valence-corrected chi connectivity index (χ2v) is 15.1. The maximum Gasteiger partial charge on any atom is 0.193 e. The van der Waals surface area contributed by atoms with Gasteiger partial charge in [-0.15, -0.1) is 0 Å². The molecule has 0 radical (unpaired) electrons. The third kappa shape index (κ3) is 26.8. The zero-order valence-electron chi connectivity index (χ0n) is 21.8. The molecular formula is C28H52Cl6. The van der Waals surface area contributed by atoms with E-state index in [-0.39, 0.29) is 5.92 Å². The number of halogens is 6. The Bertz CT molecular complexity index is 416. The fourth-order valence-corrected chi connectivity index (χ4v) is 5.71. The SMILES string of the molecule is CCCCCCCCC(CCCCCCCCCCCCCCCCCC(Cl)(Cl)Cl)C(Cl)(Cl)Cl. The predicted molar refractivity (Wildman–Crippen MR) is 161 cm³/mol. The number of rotatable bonds is 24. The standard InChI is InChI=1S/C28H52Cl6/c1-2-3-4-5-17-20-23-26(28(32,33)34)24-21-18-15-13-11-9-7-6-8-10-12-14-16-19-22-25-27(29,30)31/h26H,2-25H2,1H3. The van der Waals surface area contributed by atoms with E-state index in [4.69, 9.17) is 69.6 Å². The molecule has 206 valence electrons. The second kappa shape index (κ2) is 23.8. The van der Waals surface area contributed by atoms with Crippen LogP contribution in [0, 0.1) is 5.92 Å². The van der Waals surface area contributed by atoms with Crippen molar-refractivity contribution in [1.82, 2.24) is 0 Å². The molecule has 0 aromatic heterocycles. The van der Waals surface area contributed by atoms with E-state index in [0.29, 0.717) is 6.42 Å². The third-order valence-electron chi connectivity index (χ3n) is 6.88. The minimum absolute atomic E-state index is 0.213. The van der Waals surface area contributed by atoms with Gasteiger partial charge in [0.05, 0.1) is 0 Å². The molecule has 1 unspecified atom stereocenters. The van der Waals surface area contributed by atoms with Crippen LogP contribution in [-0.2, 0) is 0 Å². The fraction of sp³-hybridized carbons (Fsp3) is 1.00. The molecule has 0 saturated heterocycles. The summed E-state index contributed by atoms with van der Waals surface area (Å²) in [6.45, 7) is 2.25. The van der Waals surface area contributed by atoms with E-state index >= 15 is 0 Å². The van der Waals surface area contributed by atoms with Gasteiger partial charge in [0, 0.05) is 5.92 Å². The van der Waals surface area contributed by atoms with Crippen molar-refractivity contribution >= 4 is 69.6 Å². The van der Waals surface area contributed by atoms with E-state index in [2.05, 4.69) is 6.92 Å². The Kier molecular flexibility index (Phi) is 25.0. The van der Waals surface area contributed by atoms with E-state index in [9.17, 15) is 0 Å². The number of alkyl halides is 6. The Hall–Kier alpha value is 1.74. The highest BCUT2D eigenvalue weighted by atomic mass is 35.6. The summed E-state index contributed by atoms with van der Waals surface area (Å²) in [5.74, 6) is 0.213. The molecule has 0 nitrogen and oxygen atoms in total. The van der Waals surface area contributed by atoms with Gasteiger partial charge in [-0.2, -0.15) is 0 Å². The lowest BCUT2D eigenvalue weighted by Crippen LogP contribution is -2.19. The molecule has 34 heavy (non-hydrogen) atoms. The topological polar surface area (TPSA) is 0 Å². The lowest BCUT2D eigenvalue weighted by atomic mass is 9.95. The van der Waals surface area contributed by atoms with E-state index in [1.54, 1.807) is 0 Å². The zero-order valence-corrected chi connectivity index (χ0v) is 26.4. The molecule has 0 aromatic carbocycles. The molecule has 0 bridgehead atoms. The molecule has 6 heteroatoms. The maximum absolute atomic E-state index is 6.27. The summed E-state index contributed by atoms with van der Waals surface area (Å²) in [7, 11) is 0. The van der Waals surface area contributed by atoms with Crippen LogP contribution in [0.25, 0.3) is 0 Å². The Morgan fingerprint density at radius 3 is 1.00 bits per heavy atom. The molecule has 0 fully saturated rings. The molecule has 0 aliphatic heterocycles. The van der Waals surface area contributed by atoms with Gasteiger partial charge in [0.25, 0.3) is 0 Å². The van der Waals surface area contributed by atoms with Crippen LogP contribution >= 0.6 is 69.6 Å². The number of unbranched alkanes of at least 4 members (excludes halogenated alkanes) is 19. The van der Waals surface area contributed by atoms with Gasteiger partial charge < -0.3 is 0 Å². The van der Waals surface area contributed by atoms with Gasteiger partial charge in [-0.05, 0) is 25.7 Å². The lowest BCUT2D eigenvalue weighted by Gasteiger charge is -2.24. The summed E-state index contributed by atoms with van der Waals surface area (Å²) < 4.78 is -2.17. The largest absolute Gasteiger partial charge is 0.193 e. The average Bonchev–Trinajstić information content (AvgIpc) is 2.75. The first-order valence-corrected chi connectivity index (χ1v) is 16.6. The highest BCUT2D eigenvalue weighted by Gasteiger charge is 2.31.